The molecule has 0 aliphatic heterocycles. The highest BCUT2D eigenvalue weighted by atomic mass is 14.7. The molecule has 0 aliphatic carbocycles. The molecule has 0 aliphatic rings. The van der Waals surface area contributed by atoms with Gasteiger partial charge in [0.05, 0.1) is 5.69 Å². The molecule has 16 heavy (non-hydrogen) atoms. The third-order valence-electron chi connectivity index (χ3n) is 1.75. The van der Waals surface area contributed by atoms with Crippen molar-refractivity contribution < 1.29 is 0 Å². The number of aliphatic imine (C=N–C) groups is 1. The largest absolute Gasteiger partial charge is 0.264 e. The summed E-state index contributed by atoms with van der Waals surface area (Å²) in [5.41, 5.74) is 3.47. The van der Waals surface area contributed by atoms with Crippen LogP contribution in [-0.4, -0.2) is 6.72 Å². The molecular formula is C15H27N. The van der Waals surface area contributed by atoms with Gasteiger partial charge in [0.1, 0.15) is 0 Å². The van der Waals surface area contributed by atoms with Crippen LogP contribution < -0.4 is 0 Å². The second-order valence-electron chi connectivity index (χ2n) is 2.38. The summed E-state index contributed by atoms with van der Waals surface area (Å²) in [7, 11) is 0. The molecule has 0 saturated heterocycles. The summed E-state index contributed by atoms with van der Waals surface area (Å²) in [5.74, 6) is 0. The summed E-state index contributed by atoms with van der Waals surface area (Å²) in [6.45, 7) is 21.6. The Labute approximate surface area is 102 Å². The number of rotatable bonds is 1. The van der Waals surface area contributed by atoms with Gasteiger partial charge in [-0.2, -0.15) is 0 Å². The Hall–Kier alpha value is -1.37. The first-order valence-electron chi connectivity index (χ1n) is 5.78. The molecule has 1 nitrogen and oxygen atoms in total. The average Bonchev–Trinajstić information content (AvgIpc) is 2.40. The first-order valence-corrected chi connectivity index (χ1v) is 5.78. The lowest BCUT2D eigenvalue weighted by molar-refractivity contribution is 1.32. The van der Waals surface area contributed by atoms with Crippen LogP contribution in [0.1, 0.15) is 38.8 Å². The van der Waals surface area contributed by atoms with Crippen molar-refractivity contribution in [1.82, 2.24) is 0 Å². The maximum Gasteiger partial charge on any atom is 0.0654 e. The Morgan fingerprint density at radius 2 is 1.38 bits per heavy atom. The molecular weight excluding hydrogens is 194 g/mol. The molecule has 1 rings (SSSR count). The van der Waals surface area contributed by atoms with E-state index < -0.39 is 0 Å². The molecule has 0 amide bonds. The summed E-state index contributed by atoms with van der Waals surface area (Å²) < 4.78 is 0. The lowest BCUT2D eigenvalue weighted by atomic mass is 10.1. The van der Waals surface area contributed by atoms with Gasteiger partial charge in [-0.1, -0.05) is 39.8 Å². The van der Waals surface area contributed by atoms with Gasteiger partial charge in [0.25, 0.3) is 0 Å². The molecule has 92 valence electrons. The van der Waals surface area contributed by atoms with Crippen LogP contribution in [0.5, 0.6) is 0 Å². The van der Waals surface area contributed by atoms with E-state index in [1.54, 1.807) is 0 Å². The van der Waals surface area contributed by atoms with E-state index in [2.05, 4.69) is 44.8 Å². The summed E-state index contributed by atoms with van der Waals surface area (Å²) in [6.07, 6.45) is 0. The lowest BCUT2D eigenvalue weighted by Crippen LogP contribution is -1.78. The molecule has 0 saturated carbocycles. The van der Waals surface area contributed by atoms with Crippen LogP contribution in [0, 0.1) is 13.8 Å². The van der Waals surface area contributed by atoms with Gasteiger partial charge in [-0.15, -0.1) is 13.2 Å². The maximum absolute atomic E-state index is 3.88. The minimum atomic E-state index is 0.986. The van der Waals surface area contributed by atoms with Crippen LogP contribution in [0.3, 0.4) is 0 Å². The molecule has 0 radical (unpaired) electrons. The number of aryl methyl sites for hydroxylation is 1. The second-order valence-corrected chi connectivity index (χ2v) is 2.38. The molecule has 0 aromatic heterocycles. The highest BCUT2D eigenvalue weighted by Gasteiger charge is 1.95. The molecule has 0 bridgehead atoms. The Morgan fingerprint density at radius 3 is 1.69 bits per heavy atom. The van der Waals surface area contributed by atoms with E-state index in [-0.39, 0.29) is 0 Å². The van der Waals surface area contributed by atoms with Crippen molar-refractivity contribution in [3.8, 4) is 0 Å². The van der Waals surface area contributed by atoms with Crippen molar-refractivity contribution in [1.29, 1.82) is 0 Å². The number of hydrogen-bond donors (Lipinski definition) is 0. The van der Waals surface area contributed by atoms with Gasteiger partial charge in [0.2, 0.25) is 0 Å². The summed E-state index contributed by atoms with van der Waals surface area (Å²) in [5, 5.41) is 0. The predicted octanol–water partition coefficient (Wildman–Crippen LogP) is 5.49. The molecule has 1 heteroatoms. The minimum absolute atomic E-state index is 0.986. The lowest BCUT2D eigenvalue weighted by Gasteiger charge is -2.01. The SMILES string of the molecule is C=C.C=Nc1cccc(C)c1C.CC.CC. The molecule has 0 spiro atoms. The van der Waals surface area contributed by atoms with Crippen LogP contribution in [0.2, 0.25) is 0 Å². The van der Waals surface area contributed by atoms with Crippen LogP contribution in [-0.2, 0) is 0 Å². The van der Waals surface area contributed by atoms with Crippen molar-refractivity contribution in [2.24, 2.45) is 4.99 Å². The zero-order valence-corrected chi connectivity index (χ0v) is 11.8. The van der Waals surface area contributed by atoms with Crippen molar-refractivity contribution in [2.45, 2.75) is 41.5 Å². The maximum atomic E-state index is 3.88. The Bertz CT molecular complexity index is 264. The molecule has 1 aromatic carbocycles. The van der Waals surface area contributed by atoms with Gasteiger partial charge in [0, 0.05) is 0 Å². The number of benzene rings is 1. The van der Waals surface area contributed by atoms with Gasteiger partial charge >= 0.3 is 0 Å². The van der Waals surface area contributed by atoms with Gasteiger partial charge in [-0.25, -0.2) is 0 Å². The van der Waals surface area contributed by atoms with E-state index in [1.807, 2.05) is 39.8 Å². The van der Waals surface area contributed by atoms with Crippen molar-refractivity contribution in [3.05, 3.63) is 42.5 Å². The van der Waals surface area contributed by atoms with E-state index >= 15 is 0 Å². The Kier molecular flexibility index (Phi) is 20.2. The fraction of sp³-hybridized carbons (Fsp3) is 0.400. The standard InChI is InChI=1S/C9H11N.2C2H6.C2H4/c1-7-5-4-6-9(10-3)8(7)2;3*1-2/h4-6H,3H2,1-2H3;2*1-2H3;1-2H2. The molecule has 0 fully saturated rings. The second kappa shape index (κ2) is 16.1. The van der Waals surface area contributed by atoms with Crippen LogP contribution in [0.15, 0.2) is 36.3 Å². The monoisotopic (exact) mass is 221 g/mol. The normalized spacial score (nSPS) is 6.88. The predicted molar refractivity (Wildman–Crippen MR) is 79.1 cm³/mol. The molecule has 1 aromatic rings. The van der Waals surface area contributed by atoms with E-state index in [1.165, 1.54) is 11.1 Å². The van der Waals surface area contributed by atoms with E-state index in [0.717, 1.165) is 5.69 Å². The van der Waals surface area contributed by atoms with Gasteiger partial charge in [0.15, 0.2) is 0 Å². The Balaban J connectivity index is -0.000000245. The van der Waals surface area contributed by atoms with E-state index in [9.17, 15) is 0 Å². The fourth-order valence-electron chi connectivity index (χ4n) is 0.907. The number of hydrogen-bond acceptors (Lipinski definition) is 1. The average molecular weight is 221 g/mol. The highest BCUT2D eigenvalue weighted by Crippen LogP contribution is 2.19. The van der Waals surface area contributed by atoms with Crippen LogP contribution >= 0.6 is 0 Å². The first-order chi connectivity index (χ1) is 7.75. The number of nitrogens with zero attached hydrogens (tertiary/aromatic N) is 1. The van der Waals surface area contributed by atoms with Crippen molar-refractivity contribution >= 4 is 12.4 Å². The molecule has 0 unspecified atom stereocenters. The molecule has 0 heterocycles. The van der Waals surface area contributed by atoms with Crippen molar-refractivity contribution in [3.63, 3.8) is 0 Å². The first kappa shape index (κ1) is 20.1. The Morgan fingerprint density at radius 1 is 0.938 bits per heavy atom. The van der Waals surface area contributed by atoms with E-state index in [0.29, 0.717) is 0 Å². The van der Waals surface area contributed by atoms with Crippen LogP contribution in [0.25, 0.3) is 0 Å². The molecule has 0 atom stereocenters. The summed E-state index contributed by atoms with van der Waals surface area (Å²) >= 11 is 0. The topological polar surface area (TPSA) is 12.4 Å². The van der Waals surface area contributed by atoms with Crippen LogP contribution in [0.4, 0.5) is 5.69 Å². The van der Waals surface area contributed by atoms with Gasteiger partial charge in [-0.3, -0.25) is 4.99 Å². The highest BCUT2D eigenvalue weighted by molar-refractivity contribution is 5.53. The summed E-state index contributed by atoms with van der Waals surface area (Å²) in [4.78, 5) is 3.88. The zero-order chi connectivity index (χ0) is 13.6. The summed E-state index contributed by atoms with van der Waals surface area (Å²) in [6, 6.07) is 6.03. The third-order valence-corrected chi connectivity index (χ3v) is 1.75. The molecule has 0 N–H and O–H groups in total. The third kappa shape index (κ3) is 7.98. The fourth-order valence-corrected chi connectivity index (χ4v) is 0.907. The van der Waals surface area contributed by atoms with Gasteiger partial charge < -0.3 is 0 Å². The smallest absolute Gasteiger partial charge is 0.0654 e. The zero-order valence-electron chi connectivity index (χ0n) is 11.8. The van der Waals surface area contributed by atoms with E-state index in [4.69, 9.17) is 0 Å². The van der Waals surface area contributed by atoms with Gasteiger partial charge in [-0.05, 0) is 37.8 Å². The minimum Gasteiger partial charge on any atom is -0.264 e. The quantitative estimate of drug-likeness (QED) is 0.439. The van der Waals surface area contributed by atoms with Crippen molar-refractivity contribution in [2.75, 3.05) is 0 Å².